The van der Waals surface area contributed by atoms with E-state index in [0.29, 0.717) is 11.6 Å². The summed E-state index contributed by atoms with van der Waals surface area (Å²) in [5.41, 5.74) is 2.25. The highest BCUT2D eigenvalue weighted by Crippen LogP contribution is 2.23. The lowest BCUT2D eigenvalue weighted by Gasteiger charge is -2.26. The SMILES string of the molecule is CCc1ccc(C(O)CN(Cc2ccccc2)C(=O)c2cc(Cl)c(F)cc2F)cc1. The zero-order valence-electron chi connectivity index (χ0n) is 16.5. The number of carbonyl (C=O) groups is 1. The molecule has 0 saturated heterocycles. The van der Waals surface area contributed by atoms with Crippen LogP contribution in [-0.4, -0.2) is 22.5 Å². The molecule has 1 unspecified atom stereocenters. The van der Waals surface area contributed by atoms with Gasteiger partial charge in [-0.25, -0.2) is 8.78 Å². The third kappa shape index (κ3) is 5.23. The molecule has 0 fully saturated rings. The first-order valence-corrected chi connectivity index (χ1v) is 10.0. The molecular weight excluding hydrogens is 408 g/mol. The number of aryl methyl sites for hydroxylation is 1. The fourth-order valence-corrected chi connectivity index (χ4v) is 3.33. The molecule has 156 valence electrons. The summed E-state index contributed by atoms with van der Waals surface area (Å²) in [5, 5.41) is 10.4. The first-order valence-electron chi connectivity index (χ1n) is 9.63. The quantitative estimate of drug-likeness (QED) is 0.500. The third-order valence-corrected chi connectivity index (χ3v) is 5.20. The van der Waals surface area contributed by atoms with Crippen molar-refractivity contribution in [3.63, 3.8) is 0 Å². The van der Waals surface area contributed by atoms with E-state index in [1.807, 2.05) is 61.5 Å². The monoisotopic (exact) mass is 429 g/mol. The van der Waals surface area contributed by atoms with Gasteiger partial charge in [0.15, 0.2) is 0 Å². The van der Waals surface area contributed by atoms with Crippen LogP contribution in [0.25, 0.3) is 0 Å². The van der Waals surface area contributed by atoms with E-state index in [2.05, 4.69) is 0 Å². The molecule has 1 amide bonds. The predicted octanol–water partition coefficient (Wildman–Crippen LogP) is 5.56. The average Bonchev–Trinajstić information content (AvgIpc) is 2.76. The summed E-state index contributed by atoms with van der Waals surface area (Å²) in [6.45, 7) is 2.12. The number of rotatable bonds is 7. The molecule has 0 saturated carbocycles. The zero-order chi connectivity index (χ0) is 21.7. The first kappa shape index (κ1) is 21.9. The Bertz CT molecular complexity index is 1010. The Hall–Kier alpha value is -2.76. The van der Waals surface area contributed by atoms with E-state index >= 15 is 0 Å². The summed E-state index contributed by atoms with van der Waals surface area (Å²) in [5.74, 6) is -2.61. The molecule has 0 bridgehead atoms. The molecule has 0 radical (unpaired) electrons. The summed E-state index contributed by atoms with van der Waals surface area (Å²) in [6, 6.07) is 18.2. The van der Waals surface area contributed by atoms with Crippen LogP contribution in [0.1, 0.15) is 40.1 Å². The predicted molar refractivity (Wildman–Crippen MR) is 113 cm³/mol. The van der Waals surface area contributed by atoms with Gasteiger partial charge in [0.05, 0.1) is 23.2 Å². The molecule has 1 atom stereocenters. The van der Waals surface area contributed by atoms with Gasteiger partial charge in [0.2, 0.25) is 0 Å². The Balaban J connectivity index is 1.89. The number of hydrogen-bond acceptors (Lipinski definition) is 2. The minimum atomic E-state index is -0.998. The molecule has 0 heterocycles. The molecule has 0 spiro atoms. The maximum absolute atomic E-state index is 14.3. The Morgan fingerprint density at radius 2 is 1.67 bits per heavy atom. The van der Waals surface area contributed by atoms with Crippen LogP contribution in [0.4, 0.5) is 8.78 Å². The van der Waals surface area contributed by atoms with Gasteiger partial charge in [-0.05, 0) is 29.2 Å². The van der Waals surface area contributed by atoms with Crippen LogP contribution >= 0.6 is 11.6 Å². The van der Waals surface area contributed by atoms with Crippen molar-refractivity contribution >= 4 is 17.5 Å². The molecule has 0 aliphatic rings. The van der Waals surface area contributed by atoms with Crippen LogP contribution < -0.4 is 0 Å². The van der Waals surface area contributed by atoms with Crippen LogP contribution in [0.15, 0.2) is 66.7 Å². The summed E-state index contributed by atoms with van der Waals surface area (Å²) in [4.78, 5) is 14.4. The molecule has 3 aromatic carbocycles. The Morgan fingerprint density at radius 3 is 2.30 bits per heavy atom. The van der Waals surface area contributed by atoms with Crippen molar-refractivity contribution in [2.45, 2.75) is 26.0 Å². The van der Waals surface area contributed by atoms with E-state index in [1.54, 1.807) is 0 Å². The normalized spacial score (nSPS) is 11.9. The van der Waals surface area contributed by atoms with E-state index in [-0.39, 0.29) is 23.7 Å². The largest absolute Gasteiger partial charge is 0.387 e. The maximum atomic E-state index is 14.3. The molecule has 0 aliphatic carbocycles. The van der Waals surface area contributed by atoms with Crippen molar-refractivity contribution in [3.05, 3.63) is 106 Å². The number of aliphatic hydroxyl groups excluding tert-OH is 1. The van der Waals surface area contributed by atoms with Gasteiger partial charge in [-0.15, -0.1) is 0 Å². The van der Waals surface area contributed by atoms with Crippen molar-refractivity contribution < 1.29 is 18.7 Å². The number of halogens is 3. The van der Waals surface area contributed by atoms with Crippen LogP contribution in [0.3, 0.4) is 0 Å². The second-order valence-electron chi connectivity index (χ2n) is 7.03. The van der Waals surface area contributed by atoms with Crippen molar-refractivity contribution in [1.82, 2.24) is 4.90 Å². The summed E-state index contributed by atoms with van der Waals surface area (Å²) >= 11 is 5.76. The second kappa shape index (κ2) is 9.83. The second-order valence-corrected chi connectivity index (χ2v) is 7.44. The van der Waals surface area contributed by atoms with Crippen LogP contribution in [0.2, 0.25) is 5.02 Å². The molecule has 30 heavy (non-hydrogen) atoms. The number of nitrogens with zero attached hydrogens (tertiary/aromatic N) is 1. The van der Waals surface area contributed by atoms with E-state index in [1.165, 1.54) is 4.90 Å². The lowest BCUT2D eigenvalue weighted by Crippen LogP contribution is -2.35. The summed E-state index contributed by atoms with van der Waals surface area (Å²) < 4.78 is 27.8. The lowest BCUT2D eigenvalue weighted by atomic mass is 10.0. The van der Waals surface area contributed by atoms with Gasteiger partial charge in [-0.2, -0.15) is 0 Å². The van der Waals surface area contributed by atoms with Crippen molar-refractivity contribution in [2.24, 2.45) is 0 Å². The lowest BCUT2D eigenvalue weighted by molar-refractivity contribution is 0.0599. The van der Waals surface area contributed by atoms with Crippen molar-refractivity contribution in [1.29, 1.82) is 0 Å². The molecule has 3 rings (SSSR count). The van der Waals surface area contributed by atoms with Crippen LogP contribution in [0, 0.1) is 11.6 Å². The number of hydrogen-bond donors (Lipinski definition) is 1. The number of amides is 1. The van der Waals surface area contributed by atoms with E-state index in [4.69, 9.17) is 11.6 Å². The van der Waals surface area contributed by atoms with Gasteiger partial charge in [0.25, 0.3) is 5.91 Å². The topological polar surface area (TPSA) is 40.5 Å². The van der Waals surface area contributed by atoms with Crippen molar-refractivity contribution in [3.8, 4) is 0 Å². The van der Waals surface area contributed by atoms with Gasteiger partial charge >= 0.3 is 0 Å². The number of benzene rings is 3. The van der Waals surface area contributed by atoms with E-state index in [0.717, 1.165) is 23.6 Å². The fourth-order valence-electron chi connectivity index (χ4n) is 3.17. The molecule has 6 heteroatoms. The Kier molecular flexibility index (Phi) is 7.19. The number of carbonyl (C=O) groups excluding carboxylic acids is 1. The summed E-state index contributed by atoms with van der Waals surface area (Å²) in [6.07, 6.45) is -0.0953. The molecule has 1 N–H and O–H groups in total. The van der Waals surface area contributed by atoms with Gasteiger partial charge in [0.1, 0.15) is 11.6 Å². The van der Waals surface area contributed by atoms with E-state index in [9.17, 15) is 18.7 Å². The van der Waals surface area contributed by atoms with Gasteiger partial charge in [-0.3, -0.25) is 4.79 Å². The van der Waals surface area contributed by atoms with E-state index < -0.39 is 23.6 Å². The average molecular weight is 430 g/mol. The van der Waals surface area contributed by atoms with Crippen LogP contribution in [-0.2, 0) is 13.0 Å². The minimum absolute atomic E-state index is 0.0619. The molecule has 0 aliphatic heterocycles. The Labute approximate surface area is 179 Å². The maximum Gasteiger partial charge on any atom is 0.257 e. The smallest absolute Gasteiger partial charge is 0.257 e. The molecule has 3 nitrogen and oxygen atoms in total. The van der Waals surface area contributed by atoms with Gasteiger partial charge < -0.3 is 10.0 Å². The fraction of sp³-hybridized carbons (Fsp3) is 0.208. The van der Waals surface area contributed by atoms with Gasteiger partial charge in [0, 0.05) is 12.6 Å². The molecule has 3 aromatic rings. The standard InChI is InChI=1S/C24H22ClF2NO2/c1-2-16-8-10-18(11-9-16)23(29)15-28(14-17-6-4-3-5-7-17)24(30)19-12-20(25)22(27)13-21(19)26/h3-13,23,29H,2,14-15H2,1H3. The minimum Gasteiger partial charge on any atom is -0.387 e. The molecule has 0 aromatic heterocycles. The highest BCUT2D eigenvalue weighted by Gasteiger charge is 2.24. The van der Waals surface area contributed by atoms with Gasteiger partial charge in [-0.1, -0.05) is 73.1 Å². The summed E-state index contributed by atoms with van der Waals surface area (Å²) in [7, 11) is 0. The zero-order valence-corrected chi connectivity index (χ0v) is 17.2. The highest BCUT2D eigenvalue weighted by molar-refractivity contribution is 6.31. The third-order valence-electron chi connectivity index (χ3n) is 4.91. The molecular formula is C24H22ClF2NO2. The Morgan fingerprint density at radius 1 is 1.00 bits per heavy atom. The number of aliphatic hydroxyl groups is 1. The van der Waals surface area contributed by atoms with Crippen LogP contribution in [0.5, 0.6) is 0 Å². The first-order chi connectivity index (χ1) is 14.4. The highest BCUT2D eigenvalue weighted by atomic mass is 35.5. The van der Waals surface area contributed by atoms with Crippen molar-refractivity contribution in [2.75, 3.05) is 6.54 Å².